The molecule has 1 N–H and O–H groups in total. The molecule has 5 heteroatoms. The van der Waals surface area contributed by atoms with Crippen molar-refractivity contribution in [1.82, 2.24) is 5.32 Å². The quantitative estimate of drug-likeness (QED) is 0.890. The summed E-state index contributed by atoms with van der Waals surface area (Å²) in [5.41, 5.74) is 1.55. The van der Waals surface area contributed by atoms with Crippen molar-refractivity contribution in [2.75, 3.05) is 19.7 Å². The molecule has 2 aromatic rings. The van der Waals surface area contributed by atoms with Gasteiger partial charge in [0.2, 0.25) is 0 Å². The maximum Gasteiger partial charge on any atom is 0.168 e. The Bertz CT molecular complexity index is 728. The smallest absolute Gasteiger partial charge is 0.168 e. The number of rotatable bonds is 5. The van der Waals surface area contributed by atoms with E-state index in [2.05, 4.69) is 5.32 Å². The van der Waals surface area contributed by atoms with E-state index in [-0.39, 0.29) is 17.8 Å². The Balaban J connectivity index is 1.69. The van der Waals surface area contributed by atoms with Crippen LogP contribution in [0.5, 0.6) is 5.75 Å². The first-order chi connectivity index (χ1) is 12.2. The summed E-state index contributed by atoms with van der Waals surface area (Å²) in [7, 11) is 0. The van der Waals surface area contributed by atoms with Crippen molar-refractivity contribution in [3.63, 3.8) is 0 Å². The van der Waals surface area contributed by atoms with E-state index < -0.39 is 17.7 Å². The fourth-order valence-corrected chi connectivity index (χ4v) is 3.31. The number of nitrogens with one attached hydrogen (secondary N) is 1. The molecule has 2 aliphatic rings. The van der Waals surface area contributed by atoms with Gasteiger partial charge in [0, 0.05) is 24.7 Å². The van der Waals surface area contributed by atoms with Crippen LogP contribution >= 0.6 is 0 Å². The van der Waals surface area contributed by atoms with Crippen LogP contribution < -0.4 is 10.1 Å². The molecule has 1 saturated carbocycles. The first kappa shape index (κ1) is 16.5. The van der Waals surface area contributed by atoms with Crippen LogP contribution in [0.3, 0.4) is 0 Å². The fraction of sp³-hybridized carbons (Fsp3) is 0.400. The fourth-order valence-electron chi connectivity index (χ4n) is 3.31. The molecule has 25 heavy (non-hydrogen) atoms. The second-order valence-corrected chi connectivity index (χ2v) is 6.64. The number of benzene rings is 2. The van der Waals surface area contributed by atoms with Crippen LogP contribution in [0.1, 0.15) is 36.0 Å². The highest BCUT2D eigenvalue weighted by atomic mass is 19.1. The third-order valence-corrected chi connectivity index (χ3v) is 4.72. The SMILES string of the molecule is Fc1cc(F)c(OC(c2ccccc2)C2CNCCO2)c(C2CC2)c1. The summed E-state index contributed by atoms with van der Waals surface area (Å²) in [6.07, 6.45) is 1.20. The van der Waals surface area contributed by atoms with Crippen LogP contribution in [0.2, 0.25) is 0 Å². The Kier molecular flexibility index (Phi) is 4.68. The Labute approximate surface area is 146 Å². The average molecular weight is 345 g/mol. The maximum atomic E-state index is 14.5. The van der Waals surface area contributed by atoms with Crippen molar-refractivity contribution in [3.05, 3.63) is 65.2 Å². The highest BCUT2D eigenvalue weighted by Gasteiger charge is 2.33. The molecule has 2 atom stereocenters. The molecule has 2 aromatic carbocycles. The van der Waals surface area contributed by atoms with Gasteiger partial charge in [-0.2, -0.15) is 0 Å². The molecule has 1 saturated heterocycles. The second-order valence-electron chi connectivity index (χ2n) is 6.64. The molecule has 2 unspecified atom stereocenters. The normalized spacial score (nSPS) is 21.8. The van der Waals surface area contributed by atoms with Gasteiger partial charge < -0.3 is 14.8 Å². The van der Waals surface area contributed by atoms with Crippen LogP contribution in [-0.4, -0.2) is 25.8 Å². The van der Waals surface area contributed by atoms with Gasteiger partial charge in [0.25, 0.3) is 0 Å². The van der Waals surface area contributed by atoms with E-state index in [4.69, 9.17) is 9.47 Å². The second kappa shape index (κ2) is 7.10. The minimum Gasteiger partial charge on any atom is -0.480 e. The molecule has 0 bridgehead atoms. The van der Waals surface area contributed by atoms with Gasteiger partial charge in [0.05, 0.1) is 6.61 Å². The van der Waals surface area contributed by atoms with Crippen LogP contribution in [0, 0.1) is 11.6 Å². The molecule has 1 heterocycles. The van der Waals surface area contributed by atoms with Crippen molar-refractivity contribution >= 4 is 0 Å². The van der Waals surface area contributed by atoms with Gasteiger partial charge in [-0.15, -0.1) is 0 Å². The van der Waals surface area contributed by atoms with Gasteiger partial charge in [0.1, 0.15) is 11.9 Å². The van der Waals surface area contributed by atoms with Gasteiger partial charge in [0.15, 0.2) is 17.7 Å². The average Bonchev–Trinajstić information content (AvgIpc) is 3.47. The standard InChI is InChI=1S/C20H21F2NO2/c21-15-10-16(13-6-7-13)20(17(22)11-15)25-19(14-4-2-1-3-5-14)18-12-23-8-9-24-18/h1-5,10-11,13,18-19,23H,6-9,12H2. The summed E-state index contributed by atoms with van der Waals surface area (Å²) < 4.78 is 40.2. The van der Waals surface area contributed by atoms with Gasteiger partial charge in [-0.05, 0) is 30.4 Å². The zero-order chi connectivity index (χ0) is 17.2. The highest BCUT2D eigenvalue weighted by molar-refractivity contribution is 5.41. The van der Waals surface area contributed by atoms with E-state index in [9.17, 15) is 8.78 Å². The first-order valence-electron chi connectivity index (χ1n) is 8.75. The molecule has 1 aliphatic carbocycles. The molecule has 4 rings (SSSR count). The third kappa shape index (κ3) is 3.67. The summed E-state index contributed by atoms with van der Waals surface area (Å²) in [4.78, 5) is 0. The molecule has 1 aliphatic heterocycles. The molecule has 0 amide bonds. The van der Waals surface area contributed by atoms with E-state index in [0.29, 0.717) is 18.7 Å². The lowest BCUT2D eigenvalue weighted by Gasteiger charge is -2.32. The lowest BCUT2D eigenvalue weighted by atomic mass is 10.0. The lowest BCUT2D eigenvalue weighted by Crippen LogP contribution is -2.43. The largest absolute Gasteiger partial charge is 0.480 e. The van der Waals surface area contributed by atoms with Gasteiger partial charge in [-0.25, -0.2) is 8.78 Å². The van der Waals surface area contributed by atoms with Crippen LogP contribution in [0.4, 0.5) is 8.78 Å². The monoisotopic (exact) mass is 345 g/mol. The van der Waals surface area contributed by atoms with E-state index in [1.54, 1.807) is 0 Å². The first-order valence-corrected chi connectivity index (χ1v) is 8.75. The van der Waals surface area contributed by atoms with Crippen LogP contribution in [0.15, 0.2) is 42.5 Å². The van der Waals surface area contributed by atoms with E-state index in [1.807, 2.05) is 30.3 Å². The number of halogens is 2. The molecule has 2 fully saturated rings. The summed E-state index contributed by atoms with van der Waals surface area (Å²) in [6, 6.07) is 12.0. The van der Waals surface area contributed by atoms with Crippen molar-refractivity contribution in [3.8, 4) is 5.75 Å². The van der Waals surface area contributed by atoms with Gasteiger partial charge in [-0.3, -0.25) is 0 Å². The van der Waals surface area contributed by atoms with Crippen molar-refractivity contribution in [2.45, 2.75) is 31.0 Å². The summed E-state index contributed by atoms with van der Waals surface area (Å²) >= 11 is 0. The Morgan fingerprint density at radius 1 is 1.12 bits per heavy atom. The summed E-state index contributed by atoms with van der Waals surface area (Å²) in [5, 5.41) is 3.29. The Morgan fingerprint density at radius 2 is 1.92 bits per heavy atom. The minimum atomic E-state index is -0.647. The van der Waals surface area contributed by atoms with Crippen molar-refractivity contribution < 1.29 is 18.3 Å². The third-order valence-electron chi connectivity index (χ3n) is 4.72. The zero-order valence-corrected chi connectivity index (χ0v) is 13.9. The topological polar surface area (TPSA) is 30.5 Å². The molecule has 132 valence electrons. The maximum absolute atomic E-state index is 14.5. The molecule has 0 spiro atoms. The molecular weight excluding hydrogens is 324 g/mol. The van der Waals surface area contributed by atoms with E-state index in [1.165, 1.54) is 6.07 Å². The Morgan fingerprint density at radius 3 is 2.60 bits per heavy atom. The predicted molar refractivity (Wildman–Crippen MR) is 90.8 cm³/mol. The molecule has 0 aromatic heterocycles. The molecule has 3 nitrogen and oxygen atoms in total. The summed E-state index contributed by atoms with van der Waals surface area (Å²) in [6.45, 7) is 2.00. The number of hydrogen-bond acceptors (Lipinski definition) is 3. The Hall–Kier alpha value is -1.98. The van der Waals surface area contributed by atoms with Gasteiger partial charge >= 0.3 is 0 Å². The van der Waals surface area contributed by atoms with Crippen molar-refractivity contribution in [2.24, 2.45) is 0 Å². The highest BCUT2D eigenvalue weighted by Crippen LogP contribution is 2.46. The van der Waals surface area contributed by atoms with E-state index >= 15 is 0 Å². The van der Waals surface area contributed by atoms with E-state index in [0.717, 1.165) is 31.0 Å². The van der Waals surface area contributed by atoms with Crippen LogP contribution in [-0.2, 0) is 4.74 Å². The number of hydrogen-bond donors (Lipinski definition) is 1. The molecular formula is C20H21F2NO2. The minimum absolute atomic E-state index is 0.159. The zero-order valence-electron chi connectivity index (χ0n) is 13.9. The lowest BCUT2D eigenvalue weighted by molar-refractivity contribution is -0.0445. The number of ether oxygens (including phenoxy) is 2. The summed E-state index contributed by atoms with van der Waals surface area (Å²) in [5.74, 6) is -0.862. The van der Waals surface area contributed by atoms with Crippen LogP contribution in [0.25, 0.3) is 0 Å². The van der Waals surface area contributed by atoms with Crippen molar-refractivity contribution in [1.29, 1.82) is 0 Å². The molecule has 0 radical (unpaired) electrons. The number of morpholine rings is 1. The van der Waals surface area contributed by atoms with Gasteiger partial charge in [-0.1, -0.05) is 30.3 Å². The predicted octanol–water partition coefficient (Wildman–Crippen LogP) is 3.95.